The van der Waals surface area contributed by atoms with E-state index < -0.39 is 0 Å². The Morgan fingerprint density at radius 3 is 1.15 bits per heavy atom. The number of aromatic nitrogens is 8. The Bertz CT molecular complexity index is 6910. The van der Waals surface area contributed by atoms with Crippen LogP contribution in [0.4, 0.5) is 0 Å². The predicted molar refractivity (Wildman–Crippen MR) is 460 cm³/mol. The summed E-state index contributed by atoms with van der Waals surface area (Å²) in [6.07, 6.45) is 8.84. The third kappa shape index (κ3) is 10.9. The molecule has 0 amide bonds. The lowest BCUT2D eigenvalue weighted by molar-refractivity contribution is 0.224. The molecule has 536 valence electrons. The molecule has 8 heterocycles. The van der Waals surface area contributed by atoms with Gasteiger partial charge in [-0.15, -0.1) is 11.3 Å². The smallest absolute Gasteiger partial charge is 0.164 e. The summed E-state index contributed by atoms with van der Waals surface area (Å²) in [5.41, 5.74) is 23.5. The molecule has 14 aromatic carbocycles. The van der Waals surface area contributed by atoms with Crippen LogP contribution < -0.4 is 9.47 Å². The number of hydrogen-bond acceptors (Lipinski definition) is 10. The fourth-order valence-corrected chi connectivity index (χ4v) is 18.7. The minimum atomic E-state index is -0.178. The molecule has 6 aromatic heterocycles. The maximum atomic E-state index is 6.91. The zero-order valence-corrected chi connectivity index (χ0v) is 62.0. The molecule has 0 saturated carbocycles. The minimum absolute atomic E-state index is 0.0211. The van der Waals surface area contributed by atoms with Crippen molar-refractivity contribution in [1.82, 2.24) is 39.0 Å². The zero-order valence-electron chi connectivity index (χ0n) is 61.2. The van der Waals surface area contributed by atoms with Crippen molar-refractivity contribution < 1.29 is 13.9 Å². The first kappa shape index (κ1) is 65.2. The van der Waals surface area contributed by atoms with Gasteiger partial charge in [0.2, 0.25) is 0 Å². The number of benzene rings is 14. The summed E-state index contributed by atoms with van der Waals surface area (Å²) in [5.74, 6) is 5.56. The van der Waals surface area contributed by atoms with E-state index in [1.165, 1.54) is 69.8 Å². The Morgan fingerprint density at radius 2 is 0.640 bits per heavy atom. The van der Waals surface area contributed by atoms with Gasteiger partial charge in [-0.25, -0.2) is 29.9 Å². The van der Waals surface area contributed by atoms with Crippen molar-refractivity contribution in [1.29, 1.82) is 0 Å². The first-order chi connectivity index (χ1) is 56.5. The van der Waals surface area contributed by atoms with Crippen LogP contribution in [0.2, 0.25) is 0 Å². The second kappa shape index (κ2) is 26.5. The van der Waals surface area contributed by atoms with Crippen LogP contribution in [0.5, 0.6) is 11.5 Å². The highest BCUT2D eigenvalue weighted by molar-refractivity contribution is 7.25. The number of para-hydroxylation sites is 3. The van der Waals surface area contributed by atoms with E-state index in [1.807, 2.05) is 72.8 Å². The number of fused-ring (bicyclic) bond motifs is 20. The lowest BCUT2D eigenvalue weighted by Gasteiger charge is -2.22. The van der Waals surface area contributed by atoms with Gasteiger partial charge >= 0.3 is 0 Å². The van der Waals surface area contributed by atoms with E-state index in [0.717, 1.165) is 106 Å². The lowest BCUT2D eigenvalue weighted by Crippen LogP contribution is -2.13. The van der Waals surface area contributed by atoms with Crippen molar-refractivity contribution >= 4 is 87.4 Å². The second-order valence-corrected chi connectivity index (χ2v) is 30.5. The third-order valence-electron chi connectivity index (χ3n) is 22.8. The van der Waals surface area contributed by atoms with Gasteiger partial charge in [0.15, 0.2) is 34.9 Å². The first-order valence-electron chi connectivity index (χ1n) is 38.5. The molecule has 12 heteroatoms. The molecular formula is C102H64N8O3S. The van der Waals surface area contributed by atoms with E-state index in [4.69, 9.17) is 43.8 Å². The molecule has 2 aliphatic carbocycles. The average molecular weight is 1480 g/mol. The molecule has 0 saturated heterocycles. The zero-order chi connectivity index (χ0) is 74.9. The monoisotopic (exact) mass is 1480 g/mol. The van der Waals surface area contributed by atoms with Gasteiger partial charge in [-0.3, -0.25) is 0 Å². The average Bonchev–Trinajstić information content (AvgIpc) is 1.56. The maximum Gasteiger partial charge on any atom is 0.164 e. The topological polar surface area (TPSA) is 119 Å². The predicted octanol–water partition coefficient (Wildman–Crippen LogP) is 25.7. The van der Waals surface area contributed by atoms with Crippen molar-refractivity contribution in [2.24, 2.45) is 0 Å². The van der Waals surface area contributed by atoms with Gasteiger partial charge < -0.3 is 23.0 Å². The highest BCUT2D eigenvalue weighted by Crippen LogP contribution is 2.56. The van der Waals surface area contributed by atoms with Crippen LogP contribution in [-0.4, -0.2) is 39.0 Å². The van der Waals surface area contributed by atoms with E-state index in [0.29, 0.717) is 34.9 Å². The summed E-state index contributed by atoms with van der Waals surface area (Å²) < 4.78 is 27.3. The highest BCUT2D eigenvalue weighted by atomic mass is 32.1. The van der Waals surface area contributed by atoms with E-state index in [9.17, 15) is 0 Å². The van der Waals surface area contributed by atoms with E-state index in [1.54, 1.807) is 11.3 Å². The summed E-state index contributed by atoms with van der Waals surface area (Å²) in [7, 11) is 0. The Kier molecular flexibility index (Phi) is 15.2. The molecule has 0 radical (unpaired) electrons. The normalized spacial score (nSPS) is 15.4. The number of rotatable bonds is 10. The van der Waals surface area contributed by atoms with E-state index >= 15 is 0 Å². The molecule has 0 spiro atoms. The van der Waals surface area contributed by atoms with Gasteiger partial charge in [0, 0.05) is 121 Å². The molecule has 0 N–H and O–H groups in total. The van der Waals surface area contributed by atoms with Crippen molar-refractivity contribution in [3.05, 3.63) is 386 Å². The molecule has 0 bridgehead atoms. The van der Waals surface area contributed by atoms with Crippen LogP contribution in [0, 0.1) is 0 Å². The van der Waals surface area contributed by atoms with E-state index in [2.05, 4.69) is 300 Å². The molecule has 4 unspecified atom stereocenters. The van der Waals surface area contributed by atoms with E-state index in [-0.39, 0.29) is 24.0 Å². The lowest BCUT2D eigenvalue weighted by atomic mass is 9.85. The van der Waals surface area contributed by atoms with Gasteiger partial charge in [0.1, 0.15) is 34.9 Å². The molecule has 4 aliphatic rings. The highest BCUT2D eigenvalue weighted by Gasteiger charge is 2.42. The van der Waals surface area contributed by atoms with Crippen molar-refractivity contribution in [2.75, 3.05) is 0 Å². The van der Waals surface area contributed by atoms with Gasteiger partial charge in [-0.05, 0) is 138 Å². The maximum absolute atomic E-state index is 6.91. The van der Waals surface area contributed by atoms with Gasteiger partial charge in [-0.1, -0.05) is 249 Å². The van der Waals surface area contributed by atoms with Crippen LogP contribution >= 0.6 is 11.3 Å². The molecule has 4 atom stereocenters. The van der Waals surface area contributed by atoms with Crippen LogP contribution in [0.1, 0.15) is 57.7 Å². The molecule has 2 aliphatic heterocycles. The molecule has 0 fully saturated rings. The second-order valence-electron chi connectivity index (χ2n) is 29.5. The van der Waals surface area contributed by atoms with Gasteiger partial charge in [0.05, 0.1) is 22.4 Å². The largest absolute Gasteiger partial charge is 0.484 e. The van der Waals surface area contributed by atoms with Crippen LogP contribution in [0.15, 0.2) is 356 Å². The number of furan rings is 1. The molecule has 11 nitrogen and oxygen atoms in total. The van der Waals surface area contributed by atoms with Crippen molar-refractivity contribution in [3.8, 4) is 113 Å². The number of thiophene rings is 1. The van der Waals surface area contributed by atoms with Crippen LogP contribution in [0.25, 0.3) is 178 Å². The van der Waals surface area contributed by atoms with Gasteiger partial charge in [0.25, 0.3) is 0 Å². The number of nitrogens with zero attached hydrogens (tertiary/aromatic N) is 8. The van der Waals surface area contributed by atoms with Crippen LogP contribution in [0.3, 0.4) is 0 Å². The fraction of sp³-hybridized carbons (Fsp3) is 0.0392. The number of hydrogen-bond donors (Lipinski definition) is 0. The van der Waals surface area contributed by atoms with Crippen molar-refractivity contribution in [2.45, 2.75) is 24.0 Å². The molecule has 20 aromatic rings. The quantitative estimate of drug-likeness (QED) is 0.132. The fourth-order valence-electron chi connectivity index (χ4n) is 17.5. The summed E-state index contributed by atoms with van der Waals surface area (Å²) in [5, 5.41) is 7.07. The summed E-state index contributed by atoms with van der Waals surface area (Å²) in [6, 6.07) is 118. The number of ether oxygens (including phenoxy) is 2. The molecule has 114 heavy (non-hydrogen) atoms. The Morgan fingerprint density at radius 1 is 0.263 bits per heavy atom. The summed E-state index contributed by atoms with van der Waals surface area (Å²) in [4.78, 5) is 30.5. The van der Waals surface area contributed by atoms with Gasteiger partial charge in [-0.2, -0.15) is 0 Å². The first-order valence-corrected chi connectivity index (χ1v) is 39.3. The van der Waals surface area contributed by atoms with Crippen LogP contribution in [-0.2, 0) is 0 Å². The third-order valence-corrected chi connectivity index (χ3v) is 24.0. The minimum Gasteiger partial charge on any atom is -0.484 e. The standard InChI is InChI=1S/C51H32N4O2.C51H32N4OS/c1-3-12-31(13-4-1)33-16-11-17-36(28-33)55-42-20-9-7-19-40(42)47-43(55)26-25-39-41-29-34(23-27-45(41)57-48(39)47)50-52-49(32-14-5-2-6-15-32)53-51(54-50)35-22-24-38-37-18-8-10-21-44(37)56-46(38)30-35;1-3-12-31(13-4-1)33-16-11-17-36(28-33)55-42-20-9-7-19-40(42)47-43(55)26-25-39-41-29-34(23-27-44(41)56-48(39)47)50-52-49(32-14-5-2-6-15-32)53-51(54-50)35-22-24-38-37-18-8-10-21-45(37)57-46(38)30-35/h2*1-30,39,48H. The Labute approximate surface area is 659 Å². The molecule has 24 rings (SSSR count). The SMILES string of the molecule is C1=CC2c3cc(-c4nc(-c5ccccc5)nc(-c5ccc6c(c5)oc5ccccc56)n4)ccc3OC2c2c1n(-c1cccc(-c3ccccc3)c1)c1ccccc21.C1=CC2c3cc(-c4nc(-c5ccccc5)nc(-c5ccc6c(c5)sc5ccccc56)n4)ccc3OC2c2c1n(-c1cccc(-c3ccccc3)c1)c1ccccc21. The molecular weight excluding hydrogens is 1420 g/mol. The summed E-state index contributed by atoms with van der Waals surface area (Å²) >= 11 is 1.80. The summed E-state index contributed by atoms with van der Waals surface area (Å²) in [6.45, 7) is 0. The Balaban J connectivity index is 0.000000135. The van der Waals surface area contributed by atoms with Crippen molar-refractivity contribution in [3.63, 3.8) is 0 Å². The Hall–Kier alpha value is -14.7.